The fourth-order valence-corrected chi connectivity index (χ4v) is 1.76. The first-order chi connectivity index (χ1) is 7.11. The van der Waals surface area contributed by atoms with Crippen LogP contribution in [-0.4, -0.2) is 5.11 Å². The van der Waals surface area contributed by atoms with Crippen molar-refractivity contribution in [3.05, 3.63) is 28.8 Å². The van der Waals surface area contributed by atoms with Crippen LogP contribution in [0.5, 0.6) is 5.75 Å². The summed E-state index contributed by atoms with van der Waals surface area (Å²) in [5.41, 5.74) is 2.84. The quantitative estimate of drug-likeness (QED) is 0.749. The van der Waals surface area contributed by atoms with E-state index in [1.54, 1.807) is 0 Å². The van der Waals surface area contributed by atoms with E-state index in [-0.39, 0.29) is 6.61 Å². The summed E-state index contributed by atoms with van der Waals surface area (Å²) in [4.78, 5) is 4.64. The third-order valence-corrected chi connectivity index (χ3v) is 2.63. The molecule has 0 aliphatic rings. The van der Waals surface area contributed by atoms with Crippen LogP contribution in [0.1, 0.15) is 43.4 Å². The van der Waals surface area contributed by atoms with E-state index in [4.69, 9.17) is 5.90 Å². The van der Waals surface area contributed by atoms with Gasteiger partial charge in [0.25, 0.3) is 0 Å². The number of rotatable bonds is 4. The molecule has 1 rings (SSSR count). The molecular formula is C12H19NO2. The molecule has 0 spiro atoms. The second-order valence-corrected chi connectivity index (χ2v) is 3.96. The van der Waals surface area contributed by atoms with Crippen LogP contribution in [0.3, 0.4) is 0 Å². The summed E-state index contributed by atoms with van der Waals surface area (Å²) < 4.78 is 0. The fraction of sp³-hybridized carbons (Fsp3) is 0.500. The Morgan fingerprint density at radius 3 is 2.53 bits per heavy atom. The standard InChI is InChI=1S/C12H19NO2/c1-4-9-5-6-10(8(2)3)11(7-15-13)12(9)14/h5-6,8,14H,4,7,13H2,1-3H3. The summed E-state index contributed by atoms with van der Waals surface area (Å²) in [5, 5.41) is 10.0. The normalized spacial score (nSPS) is 11.0. The Morgan fingerprint density at radius 2 is 2.07 bits per heavy atom. The zero-order valence-electron chi connectivity index (χ0n) is 9.58. The van der Waals surface area contributed by atoms with Gasteiger partial charge in [0.05, 0.1) is 6.61 Å². The fourth-order valence-electron chi connectivity index (χ4n) is 1.76. The first-order valence-electron chi connectivity index (χ1n) is 5.27. The number of hydrogen-bond acceptors (Lipinski definition) is 3. The summed E-state index contributed by atoms with van der Waals surface area (Å²) in [6, 6.07) is 4.00. The highest BCUT2D eigenvalue weighted by molar-refractivity contribution is 5.46. The lowest BCUT2D eigenvalue weighted by atomic mass is 9.94. The van der Waals surface area contributed by atoms with Gasteiger partial charge in [0.1, 0.15) is 5.75 Å². The lowest BCUT2D eigenvalue weighted by Gasteiger charge is -2.15. The second kappa shape index (κ2) is 5.14. The molecular weight excluding hydrogens is 190 g/mol. The van der Waals surface area contributed by atoms with E-state index >= 15 is 0 Å². The molecule has 0 atom stereocenters. The Balaban J connectivity index is 3.24. The minimum atomic E-state index is 0.257. The van der Waals surface area contributed by atoms with Crippen molar-refractivity contribution in [3.8, 4) is 5.75 Å². The molecule has 0 amide bonds. The van der Waals surface area contributed by atoms with Gasteiger partial charge < -0.3 is 5.11 Å². The van der Waals surface area contributed by atoms with Crippen molar-refractivity contribution in [3.63, 3.8) is 0 Å². The lowest BCUT2D eigenvalue weighted by molar-refractivity contribution is 0.121. The molecule has 0 aromatic heterocycles. The molecule has 1 aromatic rings. The van der Waals surface area contributed by atoms with Crippen molar-refractivity contribution >= 4 is 0 Å². The topological polar surface area (TPSA) is 55.5 Å². The van der Waals surface area contributed by atoms with E-state index in [1.165, 1.54) is 0 Å². The van der Waals surface area contributed by atoms with Gasteiger partial charge >= 0.3 is 0 Å². The molecule has 15 heavy (non-hydrogen) atoms. The second-order valence-electron chi connectivity index (χ2n) is 3.96. The number of aryl methyl sites for hydroxylation is 1. The SMILES string of the molecule is CCc1ccc(C(C)C)c(CON)c1O. The van der Waals surface area contributed by atoms with E-state index in [9.17, 15) is 5.11 Å². The van der Waals surface area contributed by atoms with Gasteiger partial charge in [-0.25, -0.2) is 5.90 Å². The summed E-state index contributed by atoms with van der Waals surface area (Å²) in [6.07, 6.45) is 0.807. The predicted molar refractivity (Wildman–Crippen MR) is 60.6 cm³/mol. The summed E-state index contributed by atoms with van der Waals surface area (Å²) in [6.45, 7) is 6.44. The highest BCUT2D eigenvalue weighted by Gasteiger charge is 2.13. The van der Waals surface area contributed by atoms with Gasteiger partial charge in [-0.1, -0.05) is 32.9 Å². The molecule has 3 N–H and O–H groups in total. The van der Waals surface area contributed by atoms with Crippen molar-refractivity contribution in [1.82, 2.24) is 0 Å². The van der Waals surface area contributed by atoms with Crippen molar-refractivity contribution in [2.75, 3.05) is 0 Å². The molecule has 1 aromatic carbocycles. The Kier molecular flexibility index (Phi) is 4.12. The van der Waals surface area contributed by atoms with E-state index in [0.29, 0.717) is 11.7 Å². The Labute approximate surface area is 90.8 Å². The van der Waals surface area contributed by atoms with E-state index < -0.39 is 0 Å². The summed E-state index contributed by atoms with van der Waals surface area (Å²) >= 11 is 0. The van der Waals surface area contributed by atoms with Gasteiger partial charge in [-0.3, -0.25) is 4.84 Å². The summed E-state index contributed by atoms with van der Waals surface area (Å²) in [5.74, 6) is 5.76. The number of nitrogens with two attached hydrogens (primary N) is 1. The minimum absolute atomic E-state index is 0.257. The molecule has 0 radical (unpaired) electrons. The van der Waals surface area contributed by atoms with Gasteiger partial charge in [0, 0.05) is 5.56 Å². The first kappa shape index (κ1) is 12.0. The van der Waals surface area contributed by atoms with Crippen LogP contribution >= 0.6 is 0 Å². The largest absolute Gasteiger partial charge is 0.507 e. The van der Waals surface area contributed by atoms with Crippen LogP contribution in [0.4, 0.5) is 0 Å². The Morgan fingerprint density at radius 1 is 1.40 bits per heavy atom. The van der Waals surface area contributed by atoms with E-state index in [1.807, 2.05) is 19.1 Å². The van der Waals surface area contributed by atoms with Gasteiger partial charge in [0.2, 0.25) is 0 Å². The third kappa shape index (κ3) is 2.49. The zero-order valence-corrected chi connectivity index (χ0v) is 9.58. The molecule has 0 unspecified atom stereocenters. The first-order valence-corrected chi connectivity index (χ1v) is 5.27. The monoisotopic (exact) mass is 209 g/mol. The van der Waals surface area contributed by atoms with Crippen LogP contribution in [0.25, 0.3) is 0 Å². The predicted octanol–water partition coefficient (Wildman–Crippen LogP) is 2.47. The molecule has 3 nitrogen and oxygen atoms in total. The third-order valence-electron chi connectivity index (χ3n) is 2.63. The average molecular weight is 209 g/mol. The molecule has 0 bridgehead atoms. The van der Waals surface area contributed by atoms with E-state index in [0.717, 1.165) is 23.1 Å². The van der Waals surface area contributed by atoms with Crippen LogP contribution < -0.4 is 5.90 Å². The Bertz CT molecular complexity index is 335. The maximum Gasteiger partial charge on any atom is 0.124 e. The van der Waals surface area contributed by atoms with Crippen LogP contribution in [-0.2, 0) is 17.9 Å². The maximum absolute atomic E-state index is 10.0. The number of hydrogen-bond donors (Lipinski definition) is 2. The zero-order chi connectivity index (χ0) is 11.4. The molecule has 84 valence electrons. The lowest BCUT2D eigenvalue weighted by Crippen LogP contribution is -2.05. The highest BCUT2D eigenvalue weighted by atomic mass is 16.6. The number of phenolic OH excluding ortho intramolecular Hbond substituents is 1. The molecule has 0 aliphatic heterocycles. The Hall–Kier alpha value is -1.06. The van der Waals surface area contributed by atoms with Crippen LogP contribution in [0, 0.1) is 0 Å². The summed E-state index contributed by atoms with van der Waals surface area (Å²) in [7, 11) is 0. The van der Waals surface area contributed by atoms with Gasteiger partial charge in [-0.05, 0) is 23.5 Å². The van der Waals surface area contributed by atoms with Crippen molar-refractivity contribution in [2.24, 2.45) is 5.90 Å². The number of aromatic hydroxyl groups is 1. The average Bonchev–Trinajstić information content (AvgIpc) is 2.20. The highest BCUT2D eigenvalue weighted by Crippen LogP contribution is 2.31. The number of benzene rings is 1. The van der Waals surface area contributed by atoms with Crippen molar-refractivity contribution < 1.29 is 9.94 Å². The minimum Gasteiger partial charge on any atom is -0.507 e. The van der Waals surface area contributed by atoms with E-state index in [2.05, 4.69) is 18.7 Å². The van der Waals surface area contributed by atoms with Gasteiger partial charge in [0.15, 0.2) is 0 Å². The molecule has 3 heteroatoms. The molecule has 0 heterocycles. The van der Waals surface area contributed by atoms with Crippen molar-refractivity contribution in [2.45, 2.75) is 39.7 Å². The van der Waals surface area contributed by atoms with Crippen LogP contribution in [0.2, 0.25) is 0 Å². The smallest absolute Gasteiger partial charge is 0.124 e. The molecule has 0 saturated carbocycles. The van der Waals surface area contributed by atoms with Gasteiger partial charge in [-0.15, -0.1) is 0 Å². The molecule has 0 fully saturated rings. The molecule has 0 aliphatic carbocycles. The molecule has 0 saturated heterocycles. The van der Waals surface area contributed by atoms with Crippen LogP contribution in [0.15, 0.2) is 12.1 Å². The number of phenols is 1. The van der Waals surface area contributed by atoms with Gasteiger partial charge in [-0.2, -0.15) is 0 Å². The van der Waals surface area contributed by atoms with Crippen molar-refractivity contribution in [1.29, 1.82) is 0 Å². The maximum atomic E-state index is 10.0.